The first-order valence-corrected chi connectivity index (χ1v) is 23.7. The molecule has 5 aromatic heterocycles. The number of nitrogens with zero attached hydrogens (tertiary/aromatic N) is 9. The maximum absolute atomic E-state index is 4.57. The maximum atomic E-state index is 4.57. The van der Waals surface area contributed by atoms with E-state index in [2.05, 4.69) is 283 Å². The molecule has 0 radical (unpaired) electrons. The molecule has 0 aromatic carbocycles. The summed E-state index contributed by atoms with van der Waals surface area (Å²) in [7, 11) is 0. The molecule has 11 heteroatoms. The third kappa shape index (κ3) is 19.8. The smallest absolute Gasteiger partial charge is 0.156 e. The normalized spacial score (nSPS) is 13.4. The van der Waals surface area contributed by atoms with Crippen LogP contribution in [0.25, 0.3) is 0 Å². The van der Waals surface area contributed by atoms with Crippen molar-refractivity contribution in [1.29, 1.82) is 0 Å². The summed E-state index contributed by atoms with van der Waals surface area (Å²) in [6.07, 6.45) is 10.2. The third-order valence-electron chi connectivity index (χ3n) is 10.2. The van der Waals surface area contributed by atoms with Gasteiger partial charge in [-0.3, -0.25) is 9.78 Å². The van der Waals surface area contributed by atoms with E-state index in [4.69, 9.17) is 0 Å². The largest absolute Gasteiger partial charge is 0.349 e. The van der Waals surface area contributed by atoms with E-state index in [1.807, 2.05) is 15.6 Å². The van der Waals surface area contributed by atoms with Gasteiger partial charge in [0.25, 0.3) is 0 Å². The van der Waals surface area contributed by atoms with Crippen LogP contribution in [0.15, 0.2) is 43.2 Å². The van der Waals surface area contributed by atoms with Gasteiger partial charge in [-0.1, -0.05) is 145 Å². The zero-order valence-electron chi connectivity index (χ0n) is 47.6. The van der Waals surface area contributed by atoms with E-state index < -0.39 is 0 Å². The summed E-state index contributed by atoms with van der Waals surface area (Å²) in [6.45, 7) is 64.9. The number of imidazole rings is 1. The molecule has 0 aliphatic carbocycles. The van der Waals surface area contributed by atoms with E-state index in [1.165, 1.54) is 11.3 Å². The van der Waals surface area contributed by atoms with Gasteiger partial charge < -0.3 is 9.55 Å². The van der Waals surface area contributed by atoms with Crippen molar-refractivity contribution in [2.24, 2.45) is 0 Å². The summed E-state index contributed by atoms with van der Waals surface area (Å²) in [5.74, 6) is 3.81. The maximum Gasteiger partial charge on any atom is 0.156 e. The van der Waals surface area contributed by atoms with E-state index in [0.29, 0.717) is 0 Å². The van der Waals surface area contributed by atoms with Crippen LogP contribution >= 0.6 is 0 Å². The lowest BCUT2D eigenvalue weighted by Gasteiger charge is -2.22. The Balaban J connectivity index is 0.000000406. The highest BCUT2D eigenvalue weighted by molar-refractivity contribution is 5.20. The van der Waals surface area contributed by atoms with Crippen molar-refractivity contribution in [2.75, 3.05) is 0 Å². The predicted octanol–water partition coefficient (Wildman–Crippen LogP) is 14.2. The molecule has 0 amide bonds. The highest BCUT2D eigenvalue weighted by Crippen LogP contribution is 2.27. The van der Waals surface area contributed by atoms with Crippen LogP contribution in [0.3, 0.4) is 0 Å². The number of rotatable bonds is 0. The molecule has 5 heterocycles. The molecule has 370 valence electrons. The van der Waals surface area contributed by atoms with Crippen molar-refractivity contribution >= 4 is 0 Å². The summed E-state index contributed by atoms with van der Waals surface area (Å²) >= 11 is 0. The number of nitrogens with one attached hydrogen (secondary N) is 2. The number of hydrogen-bond donors (Lipinski definition) is 2. The Hall–Kier alpha value is -4.02. The van der Waals surface area contributed by atoms with Crippen LogP contribution in [0.1, 0.15) is 248 Å². The van der Waals surface area contributed by atoms with Gasteiger partial charge in [-0.25, -0.2) is 19.6 Å². The first kappa shape index (κ1) is 59.0. The van der Waals surface area contributed by atoms with E-state index in [1.54, 1.807) is 6.33 Å². The lowest BCUT2D eigenvalue weighted by Crippen LogP contribution is -2.23. The lowest BCUT2D eigenvalue weighted by atomic mass is 9.89. The molecule has 0 aliphatic rings. The molecule has 0 fully saturated rings. The molecule has 5 rings (SSSR count). The lowest BCUT2D eigenvalue weighted by molar-refractivity contribution is 0.348. The van der Waals surface area contributed by atoms with Crippen LogP contribution in [0.5, 0.6) is 0 Å². The quantitative estimate of drug-likeness (QED) is 0.160. The average molecular weight is 902 g/mol. The van der Waals surface area contributed by atoms with Crippen LogP contribution in [0.2, 0.25) is 0 Å². The molecule has 0 aliphatic heterocycles. The second-order valence-corrected chi connectivity index (χ2v) is 27.9. The Kier molecular flexibility index (Phi) is 18.6. The van der Waals surface area contributed by atoms with Gasteiger partial charge in [-0.05, 0) is 85.4 Å². The molecule has 0 saturated heterocycles. The minimum atomic E-state index is 0.0243. The van der Waals surface area contributed by atoms with Gasteiger partial charge >= 0.3 is 0 Å². The molecule has 0 unspecified atom stereocenters. The topological polar surface area (TPSA) is 124 Å². The van der Waals surface area contributed by atoms with Crippen LogP contribution in [-0.2, 0) is 54.5 Å². The number of aromatic amines is 2. The summed E-state index contributed by atoms with van der Waals surface area (Å²) in [5, 5.41) is 16.2. The van der Waals surface area contributed by atoms with Crippen molar-refractivity contribution in [3.63, 3.8) is 0 Å². The van der Waals surface area contributed by atoms with Crippen molar-refractivity contribution in [3.05, 3.63) is 83.5 Å². The number of aromatic nitrogens is 11. The first-order chi connectivity index (χ1) is 28.6. The third-order valence-corrected chi connectivity index (χ3v) is 10.2. The Labute approximate surface area is 398 Å². The van der Waals surface area contributed by atoms with Gasteiger partial charge in [0.2, 0.25) is 0 Å². The highest BCUT2D eigenvalue weighted by Gasteiger charge is 2.26. The Morgan fingerprint density at radius 1 is 0.431 bits per heavy atom. The second-order valence-electron chi connectivity index (χ2n) is 27.9. The fraction of sp³-hybridized carbons (Fsp3) is 0.741. The van der Waals surface area contributed by atoms with E-state index in [9.17, 15) is 0 Å². The van der Waals surface area contributed by atoms with Crippen LogP contribution in [0.4, 0.5) is 0 Å². The van der Waals surface area contributed by atoms with Crippen LogP contribution in [-0.4, -0.2) is 54.3 Å². The van der Waals surface area contributed by atoms with Gasteiger partial charge in [-0.2, -0.15) is 15.3 Å². The Morgan fingerprint density at radius 3 is 1.15 bits per heavy atom. The van der Waals surface area contributed by atoms with E-state index in [0.717, 1.165) is 29.0 Å². The van der Waals surface area contributed by atoms with Gasteiger partial charge in [-0.15, -0.1) is 0 Å². The summed E-state index contributed by atoms with van der Waals surface area (Å²) in [4.78, 5) is 16.6. The molecular formula is C54H99N11. The van der Waals surface area contributed by atoms with E-state index >= 15 is 0 Å². The monoisotopic (exact) mass is 902 g/mol. The van der Waals surface area contributed by atoms with Crippen LogP contribution in [0, 0.1) is 0 Å². The summed E-state index contributed by atoms with van der Waals surface area (Å²) < 4.78 is 6.20. The van der Waals surface area contributed by atoms with Crippen molar-refractivity contribution in [1.82, 2.24) is 54.3 Å². The average Bonchev–Trinajstić information content (AvgIpc) is 3.92. The molecule has 0 bridgehead atoms. The molecule has 0 spiro atoms. The molecule has 0 saturated carbocycles. The Bertz CT molecular complexity index is 1640. The van der Waals surface area contributed by atoms with Gasteiger partial charge in [0.15, 0.2) is 11.6 Å². The standard InChI is InChI=1S/C12H21N.2C11H20N2.2C10H19N3/c1-11(2,3)10-7-8-13(9-10)12(4,5)6;1-10(2,3)8-7-12-9(13-8)11(4,5)6;1-10(2,3)9-7-8-13(12-9)11(4,5)6;1-9(2,3)8-11-7-13(12-8)10(4,5)6;1-9(2,3)7-11-8(13-12-7)10(4,5)6/h7-9H,1-6H3;7H,1-6H3,(H,12,13);7-8H,1-6H3;7H,1-6H3;1-6H3,(H,11,12,13). The van der Waals surface area contributed by atoms with Crippen molar-refractivity contribution < 1.29 is 0 Å². The van der Waals surface area contributed by atoms with Crippen molar-refractivity contribution in [2.45, 2.75) is 262 Å². The highest BCUT2D eigenvalue weighted by atomic mass is 15.4. The van der Waals surface area contributed by atoms with Gasteiger partial charge in [0, 0.05) is 68.5 Å². The summed E-state index contributed by atoms with van der Waals surface area (Å²) in [5.41, 5.74) is 4.88. The first-order valence-electron chi connectivity index (χ1n) is 23.7. The fourth-order valence-electron chi connectivity index (χ4n) is 5.30. The SMILES string of the molecule is CC(C)(C)c1ccn(C(C)(C)C)c1.CC(C)(C)c1ccn(C(C)(C)C)n1.CC(C)(C)c1cnc(C(C)(C)C)[nH]1.CC(C)(C)c1n[nH]c(C(C)(C)C)n1.CC(C)(C)c1ncn(C(C)(C)C)n1. The molecular weight excluding hydrogens is 803 g/mol. The molecule has 2 N–H and O–H groups in total. The molecule has 65 heavy (non-hydrogen) atoms. The zero-order valence-corrected chi connectivity index (χ0v) is 47.6. The Morgan fingerprint density at radius 2 is 0.923 bits per heavy atom. The molecule has 0 atom stereocenters. The molecule has 11 nitrogen and oxygen atoms in total. The van der Waals surface area contributed by atoms with E-state index in [-0.39, 0.29) is 54.5 Å². The van der Waals surface area contributed by atoms with Gasteiger partial charge in [0.1, 0.15) is 18.0 Å². The second kappa shape index (κ2) is 20.5. The minimum absolute atomic E-state index is 0.0243. The molecule has 5 aromatic rings. The number of H-pyrrole nitrogens is 2. The fourth-order valence-corrected chi connectivity index (χ4v) is 5.30. The van der Waals surface area contributed by atoms with Crippen molar-refractivity contribution in [3.8, 4) is 0 Å². The minimum Gasteiger partial charge on any atom is -0.349 e. The summed E-state index contributed by atoms with van der Waals surface area (Å²) in [6, 6.07) is 4.32. The van der Waals surface area contributed by atoms with Crippen LogP contribution < -0.4 is 0 Å². The number of hydrogen-bond acceptors (Lipinski definition) is 6. The predicted molar refractivity (Wildman–Crippen MR) is 278 cm³/mol. The van der Waals surface area contributed by atoms with Gasteiger partial charge in [0.05, 0.1) is 16.8 Å². The zero-order chi connectivity index (χ0) is 51.4.